The Labute approximate surface area is 116 Å². The predicted molar refractivity (Wildman–Crippen MR) is 76.1 cm³/mol. The molecule has 0 aliphatic carbocycles. The number of methoxy groups -OCH3 is 1. The molecule has 0 aromatic heterocycles. The molecule has 4 nitrogen and oxygen atoms in total. The largest absolute Gasteiger partial charge is 0.466 e. The van der Waals surface area contributed by atoms with E-state index < -0.39 is 5.60 Å². The topological polar surface area (TPSA) is 47.9 Å². The second-order valence-electron chi connectivity index (χ2n) is 5.53. The first-order valence-electron chi connectivity index (χ1n) is 7.40. The van der Waals surface area contributed by atoms with Crippen LogP contribution < -0.4 is 0 Å². The SMILES string of the molecule is CCCCCCC(CC)C1=NOC(C)(C(=O)OC)C1. The Morgan fingerprint density at radius 3 is 2.74 bits per heavy atom. The summed E-state index contributed by atoms with van der Waals surface area (Å²) in [5.74, 6) is 0.0930. The number of esters is 1. The van der Waals surface area contributed by atoms with Crippen LogP contribution in [0.4, 0.5) is 0 Å². The van der Waals surface area contributed by atoms with Crippen LogP contribution in [0.2, 0.25) is 0 Å². The number of oxime groups is 1. The van der Waals surface area contributed by atoms with Crippen molar-refractivity contribution in [1.29, 1.82) is 0 Å². The Morgan fingerprint density at radius 1 is 1.42 bits per heavy atom. The van der Waals surface area contributed by atoms with Crippen molar-refractivity contribution in [2.24, 2.45) is 11.1 Å². The first-order chi connectivity index (χ1) is 9.07. The summed E-state index contributed by atoms with van der Waals surface area (Å²) in [6.07, 6.45) is 7.78. The standard InChI is InChI=1S/C15H27NO3/c1-5-7-8-9-10-12(6-2)13-11-15(3,19-16-13)14(17)18-4/h12H,5-11H2,1-4H3. The van der Waals surface area contributed by atoms with E-state index >= 15 is 0 Å². The maximum absolute atomic E-state index is 11.7. The summed E-state index contributed by atoms with van der Waals surface area (Å²) in [5, 5.41) is 4.14. The minimum Gasteiger partial charge on any atom is -0.466 e. The molecule has 0 saturated carbocycles. The number of carbonyl (C=O) groups excluding carboxylic acids is 1. The number of hydrogen-bond donors (Lipinski definition) is 0. The number of nitrogens with zero attached hydrogens (tertiary/aromatic N) is 1. The molecule has 0 bridgehead atoms. The monoisotopic (exact) mass is 269 g/mol. The maximum Gasteiger partial charge on any atom is 0.353 e. The average Bonchev–Trinajstić information content (AvgIpc) is 2.82. The zero-order valence-corrected chi connectivity index (χ0v) is 12.7. The van der Waals surface area contributed by atoms with Crippen molar-refractivity contribution < 1.29 is 14.4 Å². The summed E-state index contributed by atoms with van der Waals surface area (Å²) < 4.78 is 4.77. The summed E-state index contributed by atoms with van der Waals surface area (Å²) in [4.78, 5) is 17.0. The third-order valence-electron chi connectivity index (χ3n) is 3.87. The fourth-order valence-electron chi connectivity index (χ4n) is 2.54. The van der Waals surface area contributed by atoms with Crippen molar-refractivity contribution in [2.75, 3.05) is 7.11 Å². The molecule has 0 radical (unpaired) electrons. The number of rotatable bonds is 8. The molecular formula is C15H27NO3. The van der Waals surface area contributed by atoms with Gasteiger partial charge in [-0.2, -0.15) is 0 Å². The summed E-state index contributed by atoms with van der Waals surface area (Å²) in [6, 6.07) is 0. The van der Waals surface area contributed by atoms with E-state index in [1.54, 1.807) is 6.92 Å². The van der Waals surface area contributed by atoms with E-state index in [-0.39, 0.29) is 5.97 Å². The minimum absolute atomic E-state index is 0.341. The van der Waals surface area contributed by atoms with Crippen molar-refractivity contribution >= 4 is 11.7 Å². The summed E-state index contributed by atoms with van der Waals surface area (Å²) in [6.45, 7) is 6.13. The highest BCUT2D eigenvalue weighted by Crippen LogP contribution is 2.30. The predicted octanol–water partition coefficient (Wildman–Crippen LogP) is 3.69. The van der Waals surface area contributed by atoms with Gasteiger partial charge >= 0.3 is 5.97 Å². The second-order valence-corrected chi connectivity index (χ2v) is 5.53. The van der Waals surface area contributed by atoms with Crippen molar-refractivity contribution in [1.82, 2.24) is 0 Å². The van der Waals surface area contributed by atoms with Crippen LogP contribution in [0, 0.1) is 5.92 Å². The van der Waals surface area contributed by atoms with E-state index in [1.165, 1.54) is 32.8 Å². The number of hydrogen-bond acceptors (Lipinski definition) is 4. The smallest absolute Gasteiger partial charge is 0.353 e. The number of ether oxygens (including phenoxy) is 1. The van der Waals surface area contributed by atoms with E-state index in [4.69, 9.17) is 9.57 Å². The van der Waals surface area contributed by atoms with Crippen molar-refractivity contribution in [3.8, 4) is 0 Å². The Hall–Kier alpha value is -1.06. The highest BCUT2D eigenvalue weighted by Gasteiger charge is 2.44. The van der Waals surface area contributed by atoms with Gasteiger partial charge in [-0.25, -0.2) is 4.79 Å². The highest BCUT2D eigenvalue weighted by atomic mass is 16.7. The summed E-state index contributed by atoms with van der Waals surface area (Å²) >= 11 is 0. The quantitative estimate of drug-likeness (QED) is 0.498. The first kappa shape index (κ1) is 16.0. The molecule has 4 heteroatoms. The van der Waals surface area contributed by atoms with Crippen LogP contribution in [0.15, 0.2) is 5.16 Å². The molecule has 0 aromatic rings. The van der Waals surface area contributed by atoms with E-state index in [9.17, 15) is 4.79 Å². The van der Waals surface area contributed by atoms with Crippen molar-refractivity contribution in [2.45, 2.75) is 71.3 Å². The Balaban J connectivity index is 2.48. The molecule has 0 amide bonds. The van der Waals surface area contributed by atoms with Crippen LogP contribution >= 0.6 is 0 Å². The molecular weight excluding hydrogens is 242 g/mol. The maximum atomic E-state index is 11.7. The lowest BCUT2D eigenvalue weighted by Gasteiger charge is -2.19. The molecule has 110 valence electrons. The van der Waals surface area contributed by atoms with Gasteiger partial charge in [-0.1, -0.05) is 44.7 Å². The molecule has 1 heterocycles. The fourth-order valence-corrected chi connectivity index (χ4v) is 2.54. The van der Waals surface area contributed by atoms with Gasteiger partial charge in [0, 0.05) is 12.3 Å². The lowest BCUT2D eigenvalue weighted by atomic mass is 9.87. The third-order valence-corrected chi connectivity index (χ3v) is 3.87. The van der Waals surface area contributed by atoms with E-state index in [1.807, 2.05) is 0 Å². The number of carbonyl (C=O) groups is 1. The molecule has 0 spiro atoms. The molecule has 1 aliphatic heterocycles. The normalized spacial score (nSPS) is 23.7. The van der Waals surface area contributed by atoms with Crippen LogP contribution in [-0.2, 0) is 14.4 Å². The minimum atomic E-state index is -0.916. The zero-order valence-electron chi connectivity index (χ0n) is 12.7. The molecule has 1 aliphatic rings. The van der Waals surface area contributed by atoms with Crippen LogP contribution in [0.1, 0.15) is 65.7 Å². The number of unbranched alkanes of at least 4 members (excludes halogenated alkanes) is 3. The molecule has 0 saturated heterocycles. The third kappa shape index (κ3) is 4.22. The van der Waals surface area contributed by atoms with E-state index in [0.29, 0.717) is 12.3 Å². The van der Waals surface area contributed by atoms with Gasteiger partial charge in [-0.15, -0.1) is 0 Å². The highest BCUT2D eigenvalue weighted by molar-refractivity contribution is 5.94. The Kier molecular flexibility index (Phi) is 6.32. The second kappa shape index (κ2) is 7.51. The van der Waals surface area contributed by atoms with Gasteiger partial charge in [0.25, 0.3) is 0 Å². The van der Waals surface area contributed by atoms with Crippen LogP contribution in [0.5, 0.6) is 0 Å². The Bertz CT molecular complexity index is 327. The fraction of sp³-hybridized carbons (Fsp3) is 0.867. The van der Waals surface area contributed by atoms with Gasteiger partial charge in [0.05, 0.1) is 12.8 Å². The summed E-state index contributed by atoms with van der Waals surface area (Å²) in [7, 11) is 1.39. The molecule has 0 fully saturated rings. The van der Waals surface area contributed by atoms with E-state index in [2.05, 4.69) is 19.0 Å². The molecule has 1 rings (SSSR count). The lowest BCUT2D eigenvalue weighted by molar-refractivity contribution is -0.164. The lowest BCUT2D eigenvalue weighted by Crippen LogP contribution is -2.37. The first-order valence-corrected chi connectivity index (χ1v) is 7.40. The van der Waals surface area contributed by atoms with E-state index in [0.717, 1.165) is 18.6 Å². The van der Waals surface area contributed by atoms with Gasteiger partial charge in [-0.3, -0.25) is 0 Å². The van der Waals surface area contributed by atoms with Crippen molar-refractivity contribution in [3.05, 3.63) is 0 Å². The average molecular weight is 269 g/mol. The molecule has 2 unspecified atom stereocenters. The summed E-state index contributed by atoms with van der Waals surface area (Å²) in [5.41, 5.74) is 0.105. The molecule has 19 heavy (non-hydrogen) atoms. The van der Waals surface area contributed by atoms with Gasteiger partial charge in [-0.05, 0) is 19.8 Å². The zero-order chi connectivity index (χ0) is 14.3. The van der Waals surface area contributed by atoms with Crippen LogP contribution in [-0.4, -0.2) is 24.4 Å². The van der Waals surface area contributed by atoms with Gasteiger partial charge in [0.1, 0.15) is 0 Å². The molecule has 0 aromatic carbocycles. The van der Waals surface area contributed by atoms with Crippen molar-refractivity contribution in [3.63, 3.8) is 0 Å². The van der Waals surface area contributed by atoms with Crippen LogP contribution in [0.3, 0.4) is 0 Å². The van der Waals surface area contributed by atoms with Gasteiger partial charge in [0.15, 0.2) is 0 Å². The van der Waals surface area contributed by atoms with Crippen LogP contribution in [0.25, 0.3) is 0 Å². The van der Waals surface area contributed by atoms with Gasteiger partial charge in [0.2, 0.25) is 5.60 Å². The molecule has 0 N–H and O–H groups in total. The van der Waals surface area contributed by atoms with Gasteiger partial charge < -0.3 is 9.57 Å². The Morgan fingerprint density at radius 2 is 2.16 bits per heavy atom. The molecule has 2 atom stereocenters.